The van der Waals surface area contributed by atoms with E-state index in [-0.39, 0.29) is 0 Å². The molecular weight excluding hydrogens is 210 g/mol. The molecule has 0 spiro atoms. The third-order valence-corrected chi connectivity index (χ3v) is 3.19. The van der Waals surface area contributed by atoms with E-state index in [0.29, 0.717) is 17.7 Å². The second-order valence-corrected chi connectivity index (χ2v) is 5.28. The first kappa shape index (κ1) is 12.2. The van der Waals surface area contributed by atoms with Crippen LogP contribution in [0.2, 0.25) is 0 Å². The molecule has 1 aliphatic rings. The lowest BCUT2D eigenvalue weighted by Crippen LogP contribution is -2.33. The Morgan fingerprint density at radius 1 is 1.29 bits per heavy atom. The molecule has 0 heterocycles. The molecule has 1 aliphatic carbocycles. The summed E-state index contributed by atoms with van der Waals surface area (Å²) < 4.78 is 0. The number of amides is 1. The maximum absolute atomic E-state index is 12.2. The van der Waals surface area contributed by atoms with Gasteiger partial charge < -0.3 is 4.90 Å². The minimum absolute atomic E-state index is 0.294. The summed E-state index contributed by atoms with van der Waals surface area (Å²) in [6.45, 7) is 5.24. The molecule has 1 fully saturated rings. The van der Waals surface area contributed by atoms with Crippen molar-refractivity contribution in [3.8, 4) is 0 Å². The highest BCUT2D eigenvalue weighted by Gasteiger charge is 2.33. The fourth-order valence-corrected chi connectivity index (χ4v) is 1.91. The molecule has 0 bridgehead atoms. The van der Waals surface area contributed by atoms with E-state index in [1.807, 2.05) is 35.2 Å². The quantitative estimate of drug-likeness (QED) is 0.759. The number of carbonyl (C=O) groups excluding carboxylic acids is 1. The van der Waals surface area contributed by atoms with Crippen molar-refractivity contribution in [3.05, 3.63) is 30.3 Å². The molecule has 17 heavy (non-hydrogen) atoms. The van der Waals surface area contributed by atoms with Gasteiger partial charge in [0.25, 0.3) is 0 Å². The second-order valence-electron chi connectivity index (χ2n) is 5.28. The van der Waals surface area contributed by atoms with Gasteiger partial charge in [-0.1, -0.05) is 32.0 Å². The number of hydrogen-bond acceptors (Lipinski definition) is 1. The van der Waals surface area contributed by atoms with Crippen LogP contribution in [0, 0.1) is 11.8 Å². The zero-order valence-corrected chi connectivity index (χ0v) is 10.7. The highest BCUT2D eigenvalue weighted by atomic mass is 16.2. The van der Waals surface area contributed by atoms with E-state index in [4.69, 9.17) is 0 Å². The molecule has 92 valence electrons. The fraction of sp³-hybridized carbons (Fsp3) is 0.533. The van der Waals surface area contributed by atoms with Gasteiger partial charge in [-0.15, -0.1) is 0 Å². The first-order valence-electron chi connectivity index (χ1n) is 6.55. The lowest BCUT2D eigenvalue weighted by molar-refractivity contribution is -0.119. The highest BCUT2D eigenvalue weighted by Crippen LogP contribution is 2.32. The molecule has 1 aromatic carbocycles. The van der Waals surface area contributed by atoms with E-state index in [0.717, 1.165) is 31.5 Å². The maximum Gasteiger partial charge on any atom is 0.230 e. The molecular formula is C15H21NO. The van der Waals surface area contributed by atoms with E-state index in [2.05, 4.69) is 13.8 Å². The van der Waals surface area contributed by atoms with Crippen LogP contribution in [-0.2, 0) is 4.79 Å². The molecule has 2 nitrogen and oxygen atoms in total. The van der Waals surface area contributed by atoms with Crippen molar-refractivity contribution in [1.29, 1.82) is 0 Å². The third-order valence-electron chi connectivity index (χ3n) is 3.19. The Balaban J connectivity index is 2.09. The topological polar surface area (TPSA) is 20.3 Å². The normalized spacial score (nSPS) is 15.0. The van der Waals surface area contributed by atoms with Crippen molar-refractivity contribution in [3.63, 3.8) is 0 Å². The van der Waals surface area contributed by atoms with E-state index >= 15 is 0 Å². The lowest BCUT2D eigenvalue weighted by Gasteiger charge is -2.23. The van der Waals surface area contributed by atoms with Gasteiger partial charge in [-0.05, 0) is 37.3 Å². The van der Waals surface area contributed by atoms with Crippen LogP contribution in [0.25, 0.3) is 0 Å². The molecule has 1 amide bonds. The van der Waals surface area contributed by atoms with Gasteiger partial charge >= 0.3 is 0 Å². The average molecular weight is 231 g/mol. The molecule has 1 saturated carbocycles. The molecule has 0 N–H and O–H groups in total. The van der Waals surface area contributed by atoms with Crippen molar-refractivity contribution in [2.45, 2.75) is 33.1 Å². The molecule has 0 saturated heterocycles. The van der Waals surface area contributed by atoms with Crippen molar-refractivity contribution in [2.24, 2.45) is 11.8 Å². The van der Waals surface area contributed by atoms with Crippen LogP contribution in [0.15, 0.2) is 30.3 Å². The molecule has 1 aromatic rings. The minimum atomic E-state index is 0.294. The summed E-state index contributed by atoms with van der Waals surface area (Å²) in [6, 6.07) is 10.0. The fourth-order valence-electron chi connectivity index (χ4n) is 1.91. The molecule has 0 aromatic heterocycles. The van der Waals surface area contributed by atoms with Crippen LogP contribution in [-0.4, -0.2) is 12.5 Å². The van der Waals surface area contributed by atoms with Gasteiger partial charge in [-0.3, -0.25) is 4.79 Å². The summed E-state index contributed by atoms with van der Waals surface area (Å²) in [6.07, 6.45) is 3.21. The molecule has 0 aliphatic heterocycles. The van der Waals surface area contributed by atoms with Crippen molar-refractivity contribution >= 4 is 11.6 Å². The number of nitrogens with zero attached hydrogens (tertiary/aromatic N) is 1. The molecule has 0 atom stereocenters. The zero-order valence-electron chi connectivity index (χ0n) is 10.7. The number of rotatable bonds is 5. The standard InChI is InChI=1S/C15H21NO/c1-12(2)10-11-16(15(17)13-8-9-13)14-6-4-3-5-7-14/h3-7,12-13H,8-11H2,1-2H3. The summed E-state index contributed by atoms with van der Waals surface area (Å²) in [5, 5.41) is 0. The smallest absolute Gasteiger partial charge is 0.230 e. The largest absolute Gasteiger partial charge is 0.312 e. The van der Waals surface area contributed by atoms with E-state index in [9.17, 15) is 4.79 Å². The Labute approximate surface area is 104 Å². The van der Waals surface area contributed by atoms with Crippen molar-refractivity contribution < 1.29 is 4.79 Å². The Bertz CT molecular complexity index is 368. The van der Waals surface area contributed by atoms with Gasteiger partial charge in [0.1, 0.15) is 0 Å². The minimum Gasteiger partial charge on any atom is -0.312 e. The average Bonchev–Trinajstić information content (AvgIpc) is 3.14. The Morgan fingerprint density at radius 3 is 2.47 bits per heavy atom. The van der Waals surface area contributed by atoms with Gasteiger partial charge in [0, 0.05) is 18.2 Å². The van der Waals surface area contributed by atoms with Crippen molar-refractivity contribution in [2.75, 3.05) is 11.4 Å². The van der Waals surface area contributed by atoms with Crippen LogP contribution in [0.1, 0.15) is 33.1 Å². The Morgan fingerprint density at radius 2 is 1.94 bits per heavy atom. The summed E-state index contributed by atoms with van der Waals surface area (Å²) in [5.41, 5.74) is 1.05. The number of benzene rings is 1. The molecule has 2 rings (SSSR count). The van der Waals surface area contributed by atoms with Crippen LogP contribution >= 0.6 is 0 Å². The number of hydrogen-bond donors (Lipinski definition) is 0. The first-order valence-corrected chi connectivity index (χ1v) is 6.55. The molecule has 0 radical (unpaired) electrons. The highest BCUT2D eigenvalue weighted by molar-refractivity contribution is 5.96. The van der Waals surface area contributed by atoms with Crippen LogP contribution in [0.4, 0.5) is 5.69 Å². The van der Waals surface area contributed by atoms with Crippen LogP contribution in [0.5, 0.6) is 0 Å². The van der Waals surface area contributed by atoms with Crippen LogP contribution < -0.4 is 4.90 Å². The maximum atomic E-state index is 12.2. The van der Waals surface area contributed by atoms with Gasteiger partial charge in [0.05, 0.1) is 0 Å². The second kappa shape index (κ2) is 5.35. The van der Waals surface area contributed by atoms with E-state index in [1.165, 1.54) is 0 Å². The lowest BCUT2D eigenvalue weighted by atomic mass is 10.1. The number of anilines is 1. The Hall–Kier alpha value is -1.31. The SMILES string of the molecule is CC(C)CCN(C(=O)C1CC1)c1ccccc1. The Kier molecular flexibility index (Phi) is 3.82. The van der Waals surface area contributed by atoms with Gasteiger partial charge in [0.2, 0.25) is 5.91 Å². The number of carbonyl (C=O) groups is 1. The van der Waals surface area contributed by atoms with Crippen LogP contribution in [0.3, 0.4) is 0 Å². The molecule has 0 unspecified atom stereocenters. The molecule has 2 heteroatoms. The summed E-state index contributed by atoms with van der Waals surface area (Å²) in [4.78, 5) is 14.2. The van der Waals surface area contributed by atoms with Crippen molar-refractivity contribution in [1.82, 2.24) is 0 Å². The van der Waals surface area contributed by atoms with E-state index < -0.39 is 0 Å². The summed E-state index contributed by atoms with van der Waals surface area (Å²) in [7, 11) is 0. The third kappa shape index (κ3) is 3.32. The summed E-state index contributed by atoms with van der Waals surface area (Å²) >= 11 is 0. The predicted molar refractivity (Wildman–Crippen MR) is 71.0 cm³/mol. The monoisotopic (exact) mass is 231 g/mol. The number of para-hydroxylation sites is 1. The first-order chi connectivity index (χ1) is 8.18. The van der Waals surface area contributed by atoms with Gasteiger partial charge in [-0.25, -0.2) is 0 Å². The zero-order chi connectivity index (χ0) is 12.3. The summed E-state index contributed by atoms with van der Waals surface area (Å²) in [5.74, 6) is 1.24. The van der Waals surface area contributed by atoms with Gasteiger partial charge in [-0.2, -0.15) is 0 Å². The van der Waals surface area contributed by atoms with Gasteiger partial charge in [0.15, 0.2) is 0 Å². The predicted octanol–water partition coefficient (Wildman–Crippen LogP) is 3.48. The van der Waals surface area contributed by atoms with E-state index in [1.54, 1.807) is 0 Å².